The maximum atomic E-state index is 6.15. The molecule has 0 bridgehead atoms. The Kier molecular flexibility index (Phi) is 3.51. The number of fused-ring (bicyclic) bond motifs is 1. The third-order valence-electron chi connectivity index (χ3n) is 3.05. The molecule has 0 atom stereocenters. The van der Waals surface area contributed by atoms with Crippen LogP contribution in [0, 0.1) is 0 Å². The summed E-state index contributed by atoms with van der Waals surface area (Å²) in [5.74, 6) is 0.833. The largest absolute Gasteiger partial charge is 0.497 e. The second kappa shape index (κ2) is 5.31. The SMILES string of the molecule is COc1ccc(Cn2ccc3nc(Cl)nc(Cl)c32)cc1. The number of aromatic nitrogens is 3. The van der Waals surface area contributed by atoms with Crippen LogP contribution in [0.2, 0.25) is 10.4 Å². The van der Waals surface area contributed by atoms with Crippen molar-refractivity contribution in [3.05, 3.63) is 52.5 Å². The normalized spacial score (nSPS) is 10.9. The first-order valence-corrected chi connectivity index (χ1v) is 6.74. The predicted octanol–water partition coefficient (Wildman–Crippen LogP) is 3.80. The van der Waals surface area contributed by atoms with Gasteiger partial charge in [-0.25, -0.2) is 9.97 Å². The molecule has 20 heavy (non-hydrogen) atoms. The zero-order valence-electron chi connectivity index (χ0n) is 10.7. The topological polar surface area (TPSA) is 39.9 Å². The van der Waals surface area contributed by atoms with E-state index in [1.807, 2.05) is 41.1 Å². The van der Waals surface area contributed by atoms with Crippen molar-refractivity contribution in [3.63, 3.8) is 0 Å². The van der Waals surface area contributed by atoms with Gasteiger partial charge in [0.1, 0.15) is 11.3 Å². The number of hydrogen-bond donors (Lipinski definition) is 0. The van der Waals surface area contributed by atoms with Crippen LogP contribution < -0.4 is 4.74 Å². The maximum Gasteiger partial charge on any atom is 0.224 e. The molecule has 0 fully saturated rings. The first-order valence-electron chi connectivity index (χ1n) is 5.98. The van der Waals surface area contributed by atoms with Crippen molar-refractivity contribution in [2.24, 2.45) is 0 Å². The highest BCUT2D eigenvalue weighted by Gasteiger charge is 2.10. The predicted molar refractivity (Wildman–Crippen MR) is 79.6 cm³/mol. The molecule has 0 radical (unpaired) electrons. The van der Waals surface area contributed by atoms with Gasteiger partial charge in [-0.1, -0.05) is 23.7 Å². The Balaban J connectivity index is 1.98. The quantitative estimate of drug-likeness (QED) is 0.546. The molecule has 0 saturated carbocycles. The van der Waals surface area contributed by atoms with Crippen LogP contribution in [0.1, 0.15) is 5.56 Å². The molecule has 0 amide bonds. The molecule has 0 saturated heterocycles. The van der Waals surface area contributed by atoms with Crippen LogP contribution in [0.15, 0.2) is 36.5 Å². The molecule has 0 aliphatic rings. The minimum atomic E-state index is 0.157. The summed E-state index contributed by atoms with van der Waals surface area (Å²) in [4.78, 5) is 8.14. The summed E-state index contributed by atoms with van der Waals surface area (Å²) in [6.45, 7) is 0.679. The number of benzene rings is 1. The van der Waals surface area contributed by atoms with Gasteiger partial charge in [0.25, 0.3) is 0 Å². The van der Waals surface area contributed by atoms with E-state index in [-0.39, 0.29) is 5.28 Å². The van der Waals surface area contributed by atoms with E-state index in [0.29, 0.717) is 11.7 Å². The Hall–Kier alpha value is -1.78. The molecule has 102 valence electrons. The zero-order chi connectivity index (χ0) is 14.1. The molecule has 0 aliphatic heterocycles. The second-order valence-corrected chi connectivity index (χ2v) is 5.01. The standard InChI is InChI=1S/C14H11Cl2N3O/c1-20-10-4-2-9(3-5-10)8-19-7-6-11-12(19)13(15)18-14(16)17-11/h2-7H,8H2,1H3. The number of rotatable bonds is 3. The summed E-state index contributed by atoms with van der Waals surface area (Å²) in [7, 11) is 1.65. The van der Waals surface area contributed by atoms with Crippen LogP contribution in [0.25, 0.3) is 11.0 Å². The van der Waals surface area contributed by atoms with Crippen LogP contribution in [0.3, 0.4) is 0 Å². The van der Waals surface area contributed by atoms with E-state index in [0.717, 1.165) is 22.3 Å². The van der Waals surface area contributed by atoms with Crippen LogP contribution in [0.5, 0.6) is 5.75 Å². The summed E-state index contributed by atoms with van der Waals surface area (Å²) in [6, 6.07) is 9.75. The monoisotopic (exact) mass is 307 g/mol. The summed E-state index contributed by atoms with van der Waals surface area (Å²) in [5, 5.41) is 0.517. The molecule has 3 rings (SSSR count). The fourth-order valence-corrected chi connectivity index (χ4v) is 2.60. The molecular formula is C14H11Cl2N3O. The van der Waals surface area contributed by atoms with Gasteiger partial charge in [-0.05, 0) is 35.4 Å². The summed E-state index contributed by atoms with van der Waals surface area (Å²) in [5.41, 5.74) is 2.66. The molecule has 6 heteroatoms. The Morgan fingerprint density at radius 3 is 2.55 bits per heavy atom. The van der Waals surface area contributed by atoms with Crippen LogP contribution in [-0.2, 0) is 6.54 Å². The van der Waals surface area contributed by atoms with E-state index in [1.54, 1.807) is 7.11 Å². The van der Waals surface area contributed by atoms with Crippen molar-refractivity contribution in [1.29, 1.82) is 0 Å². The van der Waals surface area contributed by atoms with Crippen molar-refractivity contribution in [3.8, 4) is 5.75 Å². The lowest BCUT2D eigenvalue weighted by Gasteiger charge is -2.07. The van der Waals surface area contributed by atoms with Crippen molar-refractivity contribution >= 4 is 34.2 Å². The first kappa shape index (κ1) is 13.2. The summed E-state index contributed by atoms with van der Waals surface area (Å²) in [6.07, 6.45) is 1.92. The molecule has 2 heterocycles. The average Bonchev–Trinajstić information content (AvgIpc) is 2.82. The van der Waals surface area contributed by atoms with E-state index < -0.39 is 0 Å². The molecule has 0 aliphatic carbocycles. The lowest BCUT2D eigenvalue weighted by molar-refractivity contribution is 0.414. The molecule has 1 aromatic carbocycles. The van der Waals surface area contributed by atoms with E-state index >= 15 is 0 Å². The third kappa shape index (κ3) is 2.44. The van der Waals surface area contributed by atoms with Gasteiger partial charge < -0.3 is 9.30 Å². The number of hydrogen-bond acceptors (Lipinski definition) is 3. The van der Waals surface area contributed by atoms with Crippen molar-refractivity contribution in [1.82, 2.24) is 14.5 Å². The Morgan fingerprint density at radius 1 is 1.10 bits per heavy atom. The van der Waals surface area contributed by atoms with E-state index in [2.05, 4.69) is 9.97 Å². The minimum absolute atomic E-state index is 0.157. The molecule has 0 N–H and O–H groups in total. The smallest absolute Gasteiger partial charge is 0.224 e. The molecule has 0 unspecified atom stereocenters. The van der Waals surface area contributed by atoms with Crippen LogP contribution in [0.4, 0.5) is 0 Å². The van der Waals surface area contributed by atoms with Crippen molar-refractivity contribution in [2.45, 2.75) is 6.54 Å². The van der Waals surface area contributed by atoms with Gasteiger partial charge in [-0.2, -0.15) is 0 Å². The van der Waals surface area contributed by atoms with Gasteiger partial charge >= 0.3 is 0 Å². The summed E-state index contributed by atoms with van der Waals surface area (Å²) < 4.78 is 7.14. The van der Waals surface area contributed by atoms with Gasteiger partial charge in [0, 0.05) is 12.7 Å². The van der Waals surface area contributed by atoms with E-state index in [9.17, 15) is 0 Å². The molecule has 4 nitrogen and oxygen atoms in total. The highest BCUT2D eigenvalue weighted by molar-refractivity contribution is 6.35. The Labute approximate surface area is 125 Å². The number of ether oxygens (including phenoxy) is 1. The second-order valence-electron chi connectivity index (χ2n) is 4.31. The van der Waals surface area contributed by atoms with Crippen molar-refractivity contribution in [2.75, 3.05) is 7.11 Å². The Morgan fingerprint density at radius 2 is 1.85 bits per heavy atom. The number of halogens is 2. The van der Waals surface area contributed by atoms with Gasteiger partial charge in [0.2, 0.25) is 5.28 Å². The molecule has 3 aromatic rings. The molecule has 0 spiro atoms. The summed E-state index contributed by atoms with van der Waals surface area (Å²) >= 11 is 11.9. The van der Waals surface area contributed by atoms with Gasteiger partial charge in [0.05, 0.1) is 12.6 Å². The van der Waals surface area contributed by atoms with Crippen molar-refractivity contribution < 1.29 is 4.74 Å². The highest BCUT2D eigenvalue weighted by Crippen LogP contribution is 2.24. The van der Waals surface area contributed by atoms with Crippen LogP contribution >= 0.6 is 23.2 Å². The van der Waals surface area contributed by atoms with Crippen LogP contribution in [-0.4, -0.2) is 21.6 Å². The van der Waals surface area contributed by atoms with Gasteiger partial charge in [0.15, 0.2) is 5.15 Å². The maximum absolute atomic E-state index is 6.15. The minimum Gasteiger partial charge on any atom is -0.497 e. The fourth-order valence-electron chi connectivity index (χ4n) is 2.09. The Bertz CT molecular complexity index is 753. The van der Waals surface area contributed by atoms with E-state index in [1.165, 1.54) is 0 Å². The van der Waals surface area contributed by atoms with Gasteiger partial charge in [-0.3, -0.25) is 0 Å². The lowest BCUT2D eigenvalue weighted by Crippen LogP contribution is -1.99. The zero-order valence-corrected chi connectivity index (χ0v) is 12.2. The fraction of sp³-hybridized carbons (Fsp3) is 0.143. The number of nitrogens with zero attached hydrogens (tertiary/aromatic N) is 3. The highest BCUT2D eigenvalue weighted by atomic mass is 35.5. The van der Waals surface area contributed by atoms with Gasteiger partial charge in [-0.15, -0.1) is 0 Å². The molecular weight excluding hydrogens is 297 g/mol. The lowest BCUT2D eigenvalue weighted by atomic mass is 10.2. The first-order chi connectivity index (χ1) is 9.67. The third-order valence-corrected chi connectivity index (χ3v) is 3.49. The molecule has 2 aromatic heterocycles. The number of methoxy groups -OCH3 is 1. The average molecular weight is 308 g/mol. The van der Waals surface area contributed by atoms with E-state index in [4.69, 9.17) is 27.9 Å².